The highest BCUT2D eigenvalue weighted by molar-refractivity contribution is 5.82. The standard InChI is InChI=1S/C13H25NO/c1-13(2,3)11-6-7-12(15)10(8-11)9-14(4)5/h10-11H,6-9H2,1-5H3/t10-,11-/m0/s1. The second-order valence-electron chi connectivity index (χ2n) is 6.26. The molecule has 15 heavy (non-hydrogen) atoms. The van der Waals surface area contributed by atoms with Crippen molar-refractivity contribution in [3.8, 4) is 0 Å². The Hall–Kier alpha value is -0.370. The molecule has 0 unspecified atom stereocenters. The second-order valence-corrected chi connectivity index (χ2v) is 6.26. The molecule has 1 rings (SSSR count). The molecule has 1 aliphatic carbocycles. The van der Waals surface area contributed by atoms with Crippen LogP contribution in [0.5, 0.6) is 0 Å². The lowest BCUT2D eigenvalue weighted by molar-refractivity contribution is -0.127. The van der Waals surface area contributed by atoms with E-state index in [1.54, 1.807) is 0 Å². The Labute approximate surface area is 94.0 Å². The lowest BCUT2D eigenvalue weighted by Crippen LogP contribution is -2.37. The first-order chi connectivity index (χ1) is 6.80. The van der Waals surface area contributed by atoms with Crippen molar-refractivity contribution in [3.05, 3.63) is 0 Å². The summed E-state index contributed by atoms with van der Waals surface area (Å²) in [5, 5.41) is 0. The summed E-state index contributed by atoms with van der Waals surface area (Å²) in [7, 11) is 4.10. The molecule has 0 aliphatic heterocycles. The summed E-state index contributed by atoms with van der Waals surface area (Å²) in [5.74, 6) is 1.46. The smallest absolute Gasteiger partial charge is 0.137 e. The molecular weight excluding hydrogens is 186 g/mol. The van der Waals surface area contributed by atoms with Crippen molar-refractivity contribution in [1.29, 1.82) is 0 Å². The van der Waals surface area contributed by atoms with Gasteiger partial charge in [-0.15, -0.1) is 0 Å². The first kappa shape index (κ1) is 12.7. The van der Waals surface area contributed by atoms with E-state index in [1.807, 2.05) is 14.1 Å². The van der Waals surface area contributed by atoms with Crippen LogP contribution in [0.2, 0.25) is 0 Å². The van der Waals surface area contributed by atoms with E-state index in [9.17, 15) is 4.79 Å². The van der Waals surface area contributed by atoms with Crippen LogP contribution >= 0.6 is 0 Å². The summed E-state index contributed by atoms with van der Waals surface area (Å²) in [6.45, 7) is 7.80. The van der Waals surface area contributed by atoms with Crippen molar-refractivity contribution in [2.24, 2.45) is 17.3 Å². The Bertz CT molecular complexity index is 227. The third kappa shape index (κ3) is 3.60. The number of hydrogen-bond acceptors (Lipinski definition) is 2. The molecule has 0 bridgehead atoms. The maximum Gasteiger partial charge on any atom is 0.137 e. The molecule has 1 aliphatic rings. The summed E-state index contributed by atoms with van der Waals surface area (Å²) in [5.41, 5.74) is 0.352. The van der Waals surface area contributed by atoms with Crippen molar-refractivity contribution in [2.45, 2.75) is 40.0 Å². The average molecular weight is 211 g/mol. The minimum Gasteiger partial charge on any atom is -0.309 e. The number of rotatable bonds is 2. The normalized spacial score (nSPS) is 28.5. The largest absolute Gasteiger partial charge is 0.309 e. The summed E-state index contributed by atoms with van der Waals surface area (Å²) >= 11 is 0. The molecule has 2 nitrogen and oxygen atoms in total. The topological polar surface area (TPSA) is 20.3 Å². The number of Topliss-reactive ketones (excluding diaryl/α,β-unsaturated/α-hetero) is 1. The lowest BCUT2D eigenvalue weighted by atomic mass is 9.68. The van der Waals surface area contributed by atoms with E-state index in [4.69, 9.17) is 0 Å². The van der Waals surface area contributed by atoms with Crippen LogP contribution in [-0.2, 0) is 4.79 Å². The monoisotopic (exact) mass is 211 g/mol. The Kier molecular flexibility index (Phi) is 3.93. The van der Waals surface area contributed by atoms with E-state index in [2.05, 4.69) is 25.7 Å². The molecule has 0 N–H and O–H groups in total. The lowest BCUT2D eigenvalue weighted by Gasteiger charge is -2.37. The molecule has 0 heterocycles. The number of ketones is 1. The highest BCUT2D eigenvalue weighted by atomic mass is 16.1. The number of nitrogens with zero attached hydrogens (tertiary/aromatic N) is 1. The van der Waals surface area contributed by atoms with Gasteiger partial charge in [-0.1, -0.05) is 20.8 Å². The van der Waals surface area contributed by atoms with Crippen molar-refractivity contribution >= 4 is 5.78 Å². The molecule has 1 saturated carbocycles. The maximum atomic E-state index is 11.8. The zero-order chi connectivity index (χ0) is 11.6. The fraction of sp³-hybridized carbons (Fsp3) is 0.923. The molecular formula is C13H25NO. The van der Waals surface area contributed by atoms with Crippen LogP contribution < -0.4 is 0 Å². The molecule has 0 saturated heterocycles. The van der Waals surface area contributed by atoms with Crippen molar-refractivity contribution < 1.29 is 4.79 Å². The van der Waals surface area contributed by atoms with Crippen LogP contribution in [0.1, 0.15) is 40.0 Å². The Morgan fingerprint density at radius 1 is 1.33 bits per heavy atom. The summed E-state index contributed by atoms with van der Waals surface area (Å²) in [6.07, 6.45) is 2.97. The van der Waals surface area contributed by atoms with Gasteiger partial charge in [0.15, 0.2) is 0 Å². The number of carbonyl (C=O) groups is 1. The van der Waals surface area contributed by atoms with Gasteiger partial charge in [0.05, 0.1) is 0 Å². The summed E-state index contributed by atoms with van der Waals surface area (Å²) < 4.78 is 0. The van der Waals surface area contributed by atoms with Gasteiger partial charge in [0.2, 0.25) is 0 Å². The zero-order valence-electron chi connectivity index (χ0n) is 10.8. The Morgan fingerprint density at radius 3 is 2.40 bits per heavy atom. The van der Waals surface area contributed by atoms with Gasteiger partial charge in [0, 0.05) is 18.9 Å². The number of hydrogen-bond donors (Lipinski definition) is 0. The van der Waals surface area contributed by atoms with Gasteiger partial charge in [0.1, 0.15) is 5.78 Å². The molecule has 2 atom stereocenters. The molecule has 0 radical (unpaired) electrons. The zero-order valence-corrected chi connectivity index (χ0v) is 10.8. The fourth-order valence-electron chi connectivity index (χ4n) is 2.52. The van der Waals surface area contributed by atoms with Crippen LogP contribution in [0.15, 0.2) is 0 Å². The van der Waals surface area contributed by atoms with E-state index < -0.39 is 0 Å². The summed E-state index contributed by atoms with van der Waals surface area (Å²) in [4.78, 5) is 13.9. The second kappa shape index (κ2) is 4.65. The molecule has 0 amide bonds. The van der Waals surface area contributed by atoms with Gasteiger partial charge in [-0.25, -0.2) is 0 Å². The van der Waals surface area contributed by atoms with Crippen LogP contribution in [0, 0.1) is 17.3 Å². The predicted octanol–water partition coefficient (Wildman–Crippen LogP) is 2.58. The van der Waals surface area contributed by atoms with Crippen LogP contribution in [0.25, 0.3) is 0 Å². The van der Waals surface area contributed by atoms with Gasteiger partial charge >= 0.3 is 0 Å². The van der Waals surface area contributed by atoms with E-state index in [0.717, 1.165) is 25.8 Å². The van der Waals surface area contributed by atoms with Gasteiger partial charge in [-0.3, -0.25) is 4.79 Å². The minimum absolute atomic E-state index is 0.276. The van der Waals surface area contributed by atoms with Crippen LogP contribution in [0.3, 0.4) is 0 Å². The third-order valence-electron chi connectivity index (χ3n) is 3.57. The van der Waals surface area contributed by atoms with Crippen molar-refractivity contribution in [3.63, 3.8) is 0 Å². The molecule has 0 aromatic heterocycles. The van der Waals surface area contributed by atoms with E-state index >= 15 is 0 Å². The quantitative estimate of drug-likeness (QED) is 0.699. The highest BCUT2D eigenvalue weighted by Crippen LogP contribution is 2.38. The van der Waals surface area contributed by atoms with Gasteiger partial charge in [0.25, 0.3) is 0 Å². The van der Waals surface area contributed by atoms with Crippen LogP contribution in [0.4, 0.5) is 0 Å². The van der Waals surface area contributed by atoms with Crippen molar-refractivity contribution in [1.82, 2.24) is 4.90 Å². The maximum absolute atomic E-state index is 11.8. The molecule has 0 aromatic rings. The van der Waals surface area contributed by atoms with Crippen LogP contribution in [-0.4, -0.2) is 31.3 Å². The van der Waals surface area contributed by atoms with E-state index in [0.29, 0.717) is 17.1 Å². The Balaban J connectivity index is 2.60. The molecule has 1 fully saturated rings. The van der Waals surface area contributed by atoms with E-state index in [1.165, 1.54) is 0 Å². The predicted molar refractivity (Wildman–Crippen MR) is 63.8 cm³/mol. The minimum atomic E-state index is 0.276. The number of carbonyl (C=O) groups excluding carboxylic acids is 1. The molecule has 2 heteroatoms. The highest BCUT2D eigenvalue weighted by Gasteiger charge is 2.34. The van der Waals surface area contributed by atoms with E-state index in [-0.39, 0.29) is 5.92 Å². The van der Waals surface area contributed by atoms with Crippen molar-refractivity contribution in [2.75, 3.05) is 20.6 Å². The van der Waals surface area contributed by atoms with Gasteiger partial charge in [-0.05, 0) is 38.3 Å². The first-order valence-electron chi connectivity index (χ1n) is 5.98. The van der Waals surface area contributed by atoms with Gasteiger partial charge in [-0.2, -0.15) is 0 Å². The molecule has 0 aromatic carbocycles. The summed E-state index contributed by atoms with van der Waals surface area (Å²) in [6, 6.07) is 0. The third-order valence-corrected chi connectivity index (χ3v) is 3.57. The molecule has 0 spiro atoms. The first-order valence-corrected chi connectivity index (χ1v) is 5.98. The average Bonchev–Trinajstić information content (AvgIpc) is 2.06. The molecule has 88 valence electrons. The SMILES string of the molecule is CN(C)C[C@@H]1C[C@@H](C(C)(C)C)CCC1=O. The Morgan fingerprint density at radius 2 is 1.93 bits per heavy atom. The van der Waals surface area contributed by atoms with Gasteiger partial charge < -0.3 is 4.90 Å². The fourth-order valence-corrected chi connectivity index (χ4v) is 2.52.